The molecule has 1 aromatic rings. The van der Waals surface area contributed by atoms with Crippen LogP contribution in [-0.4, -0.2) is 50.9 Å². The number of carbonyl (C=O) groups is 1. The standard InChI is InChI=1S/C13H17NO4S/c1-18-12-6-4-3-5-11(12)13(15)14-8-7-10(9-14)19(2,16)17/h3-6,10H,7-9H2,1-2H3/t10-/m1/s1. The van der Waals surface area contributed by atoms with Gasteiger partial charge in [-0.25, -0.2) is 8.42 Å². The minimum atomic E-state index is -3.09. The van der Waals surface area contributed by atoms with Crippen LogP contribution in [-0.2, 0) is 9.84 Å². The molecule has 1 aliphatic rings. The van der Waals surface area contributed by atoms with Gasteiger partial charge in [-0.15, -0.1) is 0 Å². The van der Waals surface area contributed by atoms with Gasteiger partial charge in [-0.2, -0.15) is 0 Å². The van der Waals surface area contributed by atoms with Crippen molar-refractivity contribution in [2.45, 2.75) is 11.7 Å². The highest BCUT2D eigenvalue weighted by atomic mass is 32.2. The summed E-state index contributed by atoms with van der Waals surface area (Å²) in [5.41, 5.74) is 0.471. The smallest absolute Gasteiger partial charge is 0.257 e. The molecule has 0 aromatic heterocycles. The van der Waals surface area contributed by atoms with E-state index in [9.17, 15) is 13.2 Å². The normalized spacial score (nSPS) is 19.5. The van der Waals surface area contributed by atoms with Crippen LogP contribution in [0.2, 0.25) is 0 Å². The molecule has 0 aliphatic carbocycles. The Labute approximate surface area is 113 Å². The predicted molar refractivity (Wildman–Crippen MR) is 72.1 cm³/mol. The van der Waals surface area contributed by atoms with Gasteiger partial charge in [-0.05, 0) is 18.6 Å². The quantitative estimate of drug-likeness (QED) is 0.828. The fourth-order valence-electron chi connectivity index (χ4n) is 2.25. The third kappa shape index (κ3) is 2.89. The van der Waals surface area contributed by atoms with Gasteiger partial charge in [0, 0.05) is 19.3 Å². The third-order valence-electron chi connectivity index (χ3n) is 3.38. The molecule has 0 bridgehead atoms. The average Bonchev–Trinajstić information content (AvgIpc) is 2.87. The van der Waals surface area contributed by atoms with Crippen LogP contribution in [0.5, 0.6) is 5.75 Å². The van der Waals surface area contributed by atoms with Crippen LogP contribution in [0.25, 0.3) is 0 Å². The zero-order valence-electron chi connectivity index (χ0n) is 11.0. The number of nitrogens with zero attached hydrogens (tertiary/aromatic N) is 1. The van der Waals surface area contributed by atoms with E-state index in [2.05, 4.69) is 0 Å². The number of methoxy groups -OCH3 is 1. The Hall–Kier alpha value is -1.56. The number of benzene rings is 1. The number of ether oxygens (including phenoxy) is 1. The summed E-state index contributed by atoms with van der Waals surface area (Å²) < 4.78 is 28.2. The van der Waals surface area contributed by atoms with Crippen molar-refractivity contribution in [3.63, 3.8) is 0 Å². The molecule has 0 N–H and O–H groups in total. The van der Waals surface area contributed by atoms with E-state index in [-0.39, 0.29) is 12.5 Å². The lowest BCUT2D eigenvalue weighted by Crippen LogP contribution is -2.31. The number of likely N-dealkylation sites (tertiary alicyclic amines) is 1. The Morgan fingerprint density at radius 2 is 2.05 bits per heavy atom. The monoisotopic (exact) mass is 283 g/mol. The van der Waals surface area contributed by atoms with Crippen molar-refractivity contribution in [2.75, 3.05) is 26.5 Å². The van der Waals surface area contributed by atoms with Crippen molar-refractivity contribution in [3.8, 4) is 5.75 Å². The number of hydrogen-bond acceptors (Lipinski definition) is 4. The first kappa shape index (κ1) is 13.9. The summed E-state index contributed by atoms with van der Waals surface area (Å²) in [5, 5.41) is -0.453. The van der Waals surface area contributed by atoms with Gasteiger partial charge in [0.2, 0.25) is 0 Å². The van der Waals surface area contributed by atoms with E-state index < -0.39 is 15.1 Å². The lowest BCUT2D eigenvalue weighted by Gasteiger charge is -2.17. The first-order valence-corrected chi connectivity index (χ1v) is 8.00. The van der Waals surface area contributed by atoms with Crippen LogP contribution >= 0.6 is 0 Å². The zero-order chi connectivity index (χ0) is 14.0. The Morgan fingerprint density at radius 1 is 1.37 bits per heavy atom. The molecule has 1 fully saturated rings. The third-order valence-corrected chi connectivity index (χ3v) is 4.97. The second kappa shape index (κ2) is 5.21. The molecule has 1 aromatic carbocycles. The van der Waals surface area contributed by atoms with Gasteiger partial charge < -0.3 is 9.64 Å². The van der Waals surface area contributed by atoms with Crippen molar-refractivity contribution in [1.82, 2.24) is 4.90 Å². The summed E-state index contributed by atoms with van der Waals surface area (Å²) in [4.78, 5) is 13.9. The van der Waals surface area contributed by atoms with Gasteiger partial charge in [0.05, 0.1) is 17.9 Å². The summed E-state index contributed by atoms with van der Waals surface area (Å²) in [5.74, 6) is 0.332. The van der Waals surface area contributed by atoms with Crippen molar-refractivity contribution in [3.05, 3.63) is 29.8 Å². The topological polar surface area (TPSA) is 63.7 Å². The molecule has 2 rings (SSSR count). The van der Waals surface area contributed by atoms with Crippen LogP contribution in [0, 0.1) is 0 Å². The number of hydrogen-bond donors (Lipinski definition) is 0. The Bertz CT molecular complexity index is 582. The fraction of sp³-hybridized carbons (Fsp3) is 0.462. The van der Waals surface area contributed by atoms with Gasteiger partial charge in [-0.1, -0.05) is 12.1 Å². The SMILES string of the molecule is COc1ccccc1C(=O)N1CC[C@@H](S(C)(=O)=O)C1. The lowest BCUT2D eigenvalue weighted by molar-refractivity contribution is 0.0790. The highest BCUT2D eigenvalue weighted by Crippen LogP contribution is 2.23. The molecule has 19 heavy (non-hydrogen) atoms. The zero-order valence-corrected chi connectivity index (χ0v) is 11.8. The molecule has 1 amide bonds. The van der Waals surface area contributed by atoms with Crippen LogP contribution < -0.4 is 4.74 Å². The largest absolute Gasteiger partial charge is 0.496 e. The van der Waals surface area contributed by atoms with Crippen LogP contribution in [0.15, 0.2) is 24.3 Å². The minimum absolute atomic E-state index is 0.177. The van der Waals surface area contributed by atoms with E-state index in [4.69, 9.17) is 4.74 Å². The van der Waals surface area contributed by atoms with Gasteiger partial charge in [0.25, 0.3) is 5.91 Å². The number of sulfone groups is 1. The van der Waals surface area contributed by atoms with Crippen LogP contribution in [0.4, 0.5) is 0 Å². The first-order valence-electron chi connectivity index (χ1n) is 6.04. The molecule has 0 spiro atoms. The van der Waals surface area contributed by atoms with E-state index >= 15 is 0 Å². The van der Waals surface area contributed by atoms with E-state index in [0.717, 1.165) is 0 Å². The van der Waals surface area contributed by atoms with E-state index in [1.807, 2.05) is 0 Å². The van der Waals surface area contributed by atoms with Crippen molar-refractivity contribution < 1.29 is 17.9 Å². The Kier molecular flexibility index (Phi) is 3.80. The van der Waals surface area contributed by atoms with Gasteiger partial charge >= 0.3 is 0 Å². The number of para-hydroxylation sites is 1. The maximum Gasteiger partial charge on any atom is 0.257 e. The molecule has 1 heterocycles. The highest BCUT2D eigenvalue weighted by molar-refractivity contribution is 7.91. The second-order valence-corrected chi connectivity index (χ2v) is 7.02. The molecule has 1 saturated heterocycles. The fourth-order valence-corrected chi connectivity index (χ4v) is 3.24. The van der Waals surface area contributed by atoms with E-state index in [0.29, 0.717) is 24.3 Å². The van der Waals surface area contributed by atoms with Crippen molar-refractivity contribution in [1.29, 1.82) is 0 Å². The molecule has 5 nitrogen and oxygen atoms in total. The van der Waals surface area contributed by atoms with Crippen LogP contribution in [0.1, 0.15) is 16.8 Å². The minimum Gasteiger partial charge on any atom is -0.496 e. The number of rotatable bonds is 3. The Morgan fingerprint density at radius 3 is 2.63 bits per heavy atom. The summed E-state index contributed by atoms with van der Waals surface area (Å²) >= 11 is 0. The Balaban J connectivity index is 2.18. The maximum atomic E-state index is 12.4. The van der Waals surface area contributed by atoms with Crippen LogP contribution in [0.3, 0.4) is 0 Å². The summed E-state index contributed by atoms with van der Waals surface area (Å²) in [7, 11) is -1.58. The summed E-state index contributed by atoms with van der Waals surface area (Å²) in [6.07, 6.45) is 1.72. The molecule has 0 unspecified atom stereocenters. The van der Waals surface area contributed by atoms with Gasteiger partial charge in [-0.3, -0.25) is 4.79 Å². The lowest BCUT2D eigenvalue weighted by atomic mass is 10.2. The molecule has 6 heteroatoms. The summed E-state index contributed by atoms with van der Waals surface area (Å²) in [6, 6.07) is 6.96. The molecule has 1 atom stereocenters. The second-order valence-electron chi connectivity index (χ2n) is 4.69. The summed E-state index contributed by atoms with van der Waals surface area (Å²) in [6.45, 7) is 0.727. The molecule has 0 saturated carbocycles. The molecule has 104 valence electrons. The highest BCUT2D eigenvalue weighted by Gasteiger charge is 2.33. The van der Waals surface area contributed by atoms with Crippen molar-refractivity contribution in [2.24, 2.45) is 0 Å². The van der Waals surface area contributed by atoms with E-state index in [1.54, 1.807) is 29.2 Å². The average molecular weight is 283 g/mol. The van der Waals surface area contributed by atoms with Gasteiger partial charge in [0.15, 0.2) is 9.84 Å². The predicted octanol–water partition coefficient (Wildman–Crippen LogP) is 0.954. The van der Waals surface area contributed by atoms with Crippen molar-refractivity contribution >= 4 is 15.7 Å². The first-order chi connectivity index (χ1) is 8.93. The molecule has 0 radical (unpaired) electrons. The molecular formula is C13H17NO4S. The maximum absolute atomic E-state index is 12.4. The number of amides is 1. The number of carbonyl (C=O) groups excluding carboxylic acids is 1. The molecular weight excluding hydrogens is 266 g/mol. The van der Waals surface area contributed by atoms with Gasteiger partial charge in [0.1, 0.15) is 5.75 Å². The molecule has 1 aliphatic heterocycles. The van der Waals surface area contributed by atoms with E-state index in [1.165, 1.54) is 13.4 Å².